The van der Waals surface area contributed by atoms with Gasteiger partial charge in [0.15, 0.2) is 0 Å². The Hall–Kier alpha value is -0.680. The van der Waals surface area contributed by atoms with E-state index < -0.39 is 0 Å². The van der Waals surface area contributed by atoms with E-state index >= 15 is 0 Å². The number of benzene rings is 1. The molecule has 2 unspecified atom stereocenters. The van der Waals surface area contributed by atoms with E-state index in [4.69, 9.17) is 22.2 Å². The van der Waals surface area contributed by atoms with Gasteiger partial charge in [0, 0.05) is 12.1 Å². The van der Waals surface area contributed by atoms with E-state index in [1.807, 2.05) is 0 Å². The van der Waals surface area contributed by atoms with E-state index in [1.165, 1.54) is 31.4 Å². The molecule has 0 aromatic heterocycles. The summed E-state index contributed by atoms with van der Waals surface area (Å²) in [4.78, 5) is 0. The molecule has 2 atom stereocenters. The van der Waals surface area contributed by atoms with Gasteiger partial charge >= 0.3 is 0 Å². The van der Waals surface area contributed by atoms with Crippen LogP contribution in [0.3, 0.4) is 0 Å². The van der Waals surface area contributed by atoms with Crippen molar-refractivity contribution in [2.24, 2.45) is 11.8 Å². The largest absolute Gasteiger partial charge is 0.379 e. The van der Waals surface area contributed by atoms with Crippen molar-refractivity contribution in [2.45, 2.75) is 50.7 Å². The smallest absolute Gasteiger partial charge is 0.123 e. The number of methoxy groups -OCH3 is 1. The quantitative estimate of drug-likeness (QED) is 0.624. The maximum atomic E-state index is 13.4. The lowest BCUT2D eigenvalue weighted by Gasteiger charge is -2.34. The van der Waals surface area contributed by atoms with Crippen LogP contribution in [0.1, 0.15) is 37.7 Å². The summed E-state index contributed by atoms with van der Waals surface area (Å²) in [5.74, 6) is 5.94. The molecular formula is C16H24ClFN2O. The zero-order valence-corrected chi connectivity index (χ0v) is 13.2. The molecule has 1 aromatic carbocycles. The molecule has 3 N–H and O–H groups in total. The Morgan fingerprint density at radius 2 is 2.10 bits per heavy atom. The van der Waals surface area contributed by atoms with Gasteiger partial charge in [-0.1, -0.05) is 30.9 Å². The Balaban J connectivity index is 2.11. The second-order valence-electron chi connectivity index (χ2n) is 5.81. The molecule has 0 radical (unpaired) electrons. The van der Waals surface area contributed by atoms with Gasteiger partial charge in [-0.05, 0) is 48.9 Å². The fraction of sp³-hybridized carbons (Fsp3) is 0.625. The number of nitrogens with two attached hydrogens (primary N) is 1. The second kappa shape index (κ2) is 8.08. The summed E-state index contributed by atoms with van der Waals surface area (Å²) < 4.78 is 19.1. The number of halogens is 2. The van der Waals surface area contributed by atoms with Gasteiger partial charge in [-0.3, -0.25) is 11.3 Å². The first-order valence-electron chi connectivity index (χ1n) is 7.58. The molecule has 0 bridgehead atoms. The Bertz CT molecular complexity index is 452. The van der Waals surface area contributed by atoms with Crippen LogP contribution in [0.2, 0.25) is 5.02 Å². The molecule has 21 heavy (non-hydrogen) atoms. The molecule has 3 nitrogen and oxygen atoms in total. The standard InChI is InChI=1S/C16H24ClFN2O/c1-21-16(11-5-3-2-4-6-11)15(20-19)10-12-9-13(18)7-8-14(12)17/h7-9,11,15-16,20H,2-6,10,19H2,1H3. The summed E-state index contributed by atoms with van der Waals surface area (Å²) >= 11 is 6.15. The second-order valence-corrected chi connectivity index (χ2v) is 6.22. The molecule has 1 aliphatic carbocycles. The molecule has 1 fully saturated rings. The molecule has 0 spiro atoms. The number of nitrogens with one attached hydrogen (secondary N) is 1. The summed E-state index contributed by atoms with van der Waals surface area (Å²) in [5.41, 5.74) is 3.60. The van der Waals surface area contributed by atoms with Crippen LogP contribution < -0.4 is 11.3 Å². The maximum absolute atomic E-state index is 13.4. The van der Waals surface area contributed by atoms with Crippen molar-refractivity contribution in [1.82, 2.24) is 5.43 Å². The third kappa shape index (κ3) is 4.39. The van der Waals surface area contributed by atoms with Gasteiger partial charge in [0.25, 0.3) is 0 Å². The fourth-order valence-electron chi connectivity index (χ4n) is 3.35. The molecule has 118 valence electrons. The predicted octanol–water partition coefficient (Wildman–Crippen LogP) is 3.45. The predicted molar refractivity (Wildman–Crippen MR) is 83.6 cm³/mol. The topological polar surface area (TPSA) is 47.3 Å². The molecule has 5 heteroatoms. The maximum Gasteiger partial charge on any atom is 0.123 e. The van der Waals surface area contributed by atoms with Crippen molar-refractivity contribution in [3.63, 3.8) is 0 Å². The first-order valence-corrected chi connectivity index (χ1v) is 7.96. The minimum absolute atomic E-state index is 0.0228. The molecule has 1 saturated carbocycles. The zero-order valence-electron chi connectivity index (χ0n) is 12.4. The van der Waals surface area contributed by atoms with E-state index in [-0.39, 0.29) is 18.0 Å². The molecule has 2 rings (SSSR count). The average molecular weight is 315 g/mol. The normalized spacial score (nSPS) is 19.4. The van der Waals surface area contributed by atoms with Crippen LogP contribution in [0, 0.1) is 11.7 Å². The Morgan fingerprint density at radius 1 is 1.38 bits per heavy atom. The Kier molecular flexibility index (Phi) is 6.42. The van der Waals surface area contributed by atoms with Gasteiger partial charge < -0.3 is 4.74 Å². The van der Waals surface area contributed by atoms with Crippen molar-refractivity contribution >= 4 is 11.6 Å². The fourth-order valence-corrected chi connectivity index (χ4v) is 3.55. The van der Waals surface area contributed by atoms with Crippen LogP contribution in [-0.2, 0) is 11.2 Å². The lowest BCUT2D eigenvalue weighted by atomic mass is 9.81. The summed E-state index contributed by atoms with van der Waals surface area (Å²) in [5, 5.41) is 0.565. The minimum Gasteiger partial charge on any atom is -0.379 e. The summed E-state index contributed by atoms with van der Waals surface area (Å²) in [6.07, 6.45) is 6.67. The van der Waals surface area contributed by atoms with Crippen LogP contribution in [0.5, 0.6) is 0 Å². The number of hydrogen-bond acceptors (Lipinski definition) is 3. The van der Waals surface area contributed by atoms with Gasteiger partial charge in [0.05, 0.1) is 12.1 Å². The van der Waals surface area contributed by atoms with Crippen molar-refractivity contribution in [1.29, 1.82) is 0 Å². The van der Waals surface area contributed by atoms with Gasteiger partial charge in [-0.25, -0.2) is 4.39 Å². The van der Waals surface area contributed by atoms with E-state index in [1.54, 1.807) is 13.2 Å². The van der Waals surface area contributed by atoms with Gasteiger partial charge in [-0.2, -0.15) is 0 Å². The van der Waals surface area contributed by atoms with Crippen molar-refractivity contribution < 1.29 is 9.13 Å². The van der Waals surface area contributed by atoms with Crippen LogP contribution in [0.4, 0.5) is 4.39 Å². The molecule has 1 aromatic rings. The van der Waals surface area contributed by atoms with Crippen LogP contribution >= 0.6 is 11.6 Å². The van der Waals surface area contributed by atoms with Crippen molar-refractivity contribution in [3.05, 3.63) is 34.6 Å². The Labute approximate surface area is 131 Å². The van der Waals surface area contributed by atoms with E-state index in [9.17, 15) is 4.39 Å². The molecule has 0 aliphatic heterocycles. The summed E-state index contributed by atoms with van der Waals surface area (Å²) in [6.45, 7) is 0. The molecule has 0 amide bonds. The van der Waals surface area contributed by atoms with Gasteiger partial charge in [0.2, 0.25) is 0 Å². The molecule has 0 saturated heterocycles. The average Bonchev–Trinajstić information content (AvgIpc) is 2.51. The van der Waals surface area contributed by atoms with Gasteiger partial charge in [0.1, 0.15) is 5.82 Å². The van der Waals surface area contributed by atoms with E-state index in [0.717, 1.165) is 18.4 Å². The zero-order chi connectivity index (χ0) is 15.2. The first-order chi connectivity index (χ1) is 10.2. The van der Waals surface area contributed by atoms with Crippen LogP contribution in [0.15, 0.2) is 18.2 Å². The van der Waals surface area contributed by atoms with Crippen molar-refractivity contribution in [3.8, 4) is 0 Å². The lowest BCUT2D eigenvalue weighted by molar-refractivity contribution is 0.00826. The van der Waals surface area contributed by atoms with Crippen LogP contribution in [-0.4, -0.2) is 19.3 Å². The number of rotatable bonds is 6. The number of hydrogen-bond donors (Lipinski definition) is 2. The SMILES string of the molecule is COC(C1CCCCC1)C(Cc1cc(F)ccc1Cl)NN. The number of hydrazine groups is 1. The summed E-state index contributed by atoms with van der Waals surface area (Å²) in [6, 6.07) is 4.35. The third-order valence-electron chi connectivity index (χ3n) is 4.44. The highest BCUT2D eigenvalue weighted by atomic mass is 35.5. The lowest BCUT2D eigenvalue weighted by Crippen LogP contribution is -2.49. The first kappa shape index (κ1) is 16.7. The Morgan fingerprint density at radius 3 is 2.71 bits per heavy atom. The van der Waals surface area contributed by atoms with Crippen LogP contribution in [0.25, 0.3) is 0 Å². The van der Waals surface area contributed by atoms with E-state index in [0.29, 0.717) is 17.4 Å². The summed E-state index contributed by atoms with van der Waals surface area (Å²) in [7, 11) is 1.72. The minimum atomic E-state index is -0.281. The highest BCUT2D eigenvalue weighted by Crippen LogP contribution is 2.30. The van der Waals surface area contributed by atoms with Gasteiger partial charge in [-0.15, -0.1) is 0 Å². The molecular weight excluding hydrogens is 291 g/mol. The monoisotopic (exact) mass is 314 g/mol. The van der Waals surface area contributed by atoms with E-state index in [2.05, 4.69) is 5.43 Å². The molecule has 0 heterocycles. The molecule has 1 aliphatic rings. The third-order valence-corrected chi connectivity index (χ3v) is 4.81. The number of ether oxygens (including phenoxy) is 1. The highest BCUT2D eigenvalue weighted by molar-refractivity contribution is 6.31. The van der Waals surface area contributed by atoms with Crippen molar-refractivity contribution in [2.75, 3.05) is 7.11 Å². The highest BCUT2D eigenvalue weighted by Gasteiger charge is 2.30.